The average Bonchev–Trinajstić information content (AvgIpc) is 3.21. The minimum absolute atomic E-state index is 0.0575. The fourth-order valence-electron chi connectivity index (χ4n) is 5.96. The quantitative estimate of drug-likeness (QED) is 0.532. The molecule has 35 heavy (non-hydrogen) atoms. The van der Waals surface area contributed by atoms with Gasteiger partial charge in [-0.05, 0) is 31.4 Å². The highest BCUT2D eigenvalue weighted by atomic mass is 32.2. The highest BCUT2D eigenvalue weighted by Crippen LogP contribution is 2.56. The fourth-order valence-corrected chi connectivity index (χ4v) is 8.15. The van der Waals surface area contributed by atoms with Crippen LogP contribution in [0, 0.1) is 23.5 Å². The van der Waals surface area contributed by atoms with Gasteiger partial charge in [-0.3, -0.25) is 0 Å². The molecule has 1 aliphatic carbocycles. The molecule has 0 bridgehead atoms. The van der Waals surface area contributed by atoms with Gasteiger partial charge in [-0.2, -0.15) is 4.31 Å². The second kappa shape index (κ2) is 8.37. The van der Waals surface area contributed by atoms with Gasteiger partial charge in [-0.15, -0.1) is 10.2 Å². The van der Waals surface area contributed by atoms with Crippen molar-refractivity contribution in [2.45, 2.75) is 43.6 Å². The van der Waals surface area contributed by atoms with E-state index in [4.69, 9.17) is 0 Å². The Morgan fingerprint density at radius 1 is 0.971 bits per heavy atom. The molecule has 0 amide bonds. The molecule has 2 unspecified atom stereocenters. The summed E-state index contributed by atoms with van der Waals surface area (Å²) in [6, 6.07) is 11.5. The standard InChI is InChI=1S/C25H27F2N5O2S/c1-16-7-8-24(17-5-3-2-4-6-17)35(33,34)32(16)11-18-9-22(27)23(10-21(18)26)30-12-19-20(13-30)25(19)31-14-28-29-15-31/h2-6,9-10,14-16,19-20,24-25H,7-8,11-13H2,1H3/t16?,19-,20+,24?,25-. The minimum Gasteiger partial charge on any atom is -0.368 e. The maximum atomic E-state index is 15.2. The molecule has 6 rings (SSSR count). The number of anilines is 1. The molecule has 184 valence electrons. The lowest BCUT2D eigenvalue weighted by molar-refractivity contribution is 0.279. The number of fused-ring (bicyclic) bond motifs is 1. The lowest BCUT2D eigenvalue weighted by Gasteiger charge is -2.37. The van der Waals surface area contributed by atoms with E-state index in [1.165, 1.54) is 16.4 Å². The number of benzene rings is 2. The molecular weight excluding hydrogens is 472 g/mol. The van der Waals surface area contributed by atoms with Gasteiger partial charge >= 0.3 is 0 Å². The Morgan fingerprint density at radius 3 is 2.34 bits per heavy atom. The second-order valence-corrected chi connectivity index (χ2v) is 12.0. The Labute approximate surface area is 203 Å². The largest absolute Gasteiger partial charge is 0.368 e. The fraction of sp³-hybridized carbons (Fsp3) is 0.440. The van der Waals surface area contributed by atoms with Crippen molar-refractivity contribution in [3.63, 3.8) is 0 Å². The van der Waals surface area contributed by atoms with E-state index in [2.05, 4.69) is 10.2 Å². The molecule has 0 spiro atoms. The monoisotopic (exact) mass is 499 g/mol. The molecule has 3 aliphatic rings. The molecule has 3 aromatic rings. The number of hydrogen-bond acceptors (Lipinski definition) is 5. The van der Waals surface area contributed by atoms with Crippen LogP contribution in [-0.4, -0.2) is 46.6 Å². The van der Waals surface area contributed by atoms with Crippen molar-refractivity contribution in [1.82, 2.24) is 19.1 Å². The average molecular weight is 500 g/mol. The summed E-state index contributed by atoms with van der Waals surface area (Å²) in [6.07, 6.45) is 4.55. The van der Waals surface area contributed by atoms with E-state index in [1.54, 1.807) is 24.8 Å². The number of rotatable bonds is 5. The van der Waals surface area contributed by atoms with Crippen LogP contribution in [-0.2, 0) is 16.6 Å². The Bertz CT molecular complexity index is 1320. The molecule has 5 atom stereocenters. The van der Waals surface area contributed by atoms with Crippen LogP contribution in [0.15, 0.2) is 55.1 Å². The van der Waals surface area contributed by atoms with Crippen molar-refractivity contribution in [2.75, 3.05) is 18.0 Å². The zero-order valence-corrected chi connectivity index (χ0v) is 20.2. The Hall–Kier alpha value is -2.85. The molecule has 7 nitrogen and oxygen atoms in total. The van der Waals surface area contributed by atoms with E-state index in [0.717, 1.165) is 5.56 Å². The first-order chi connectivity index (χ1) is 16.8. The van der Waals surface area contributed by atoms with E-state index in [9.17, 15) is 8.42 Å². The SMILES string of the molecule is CC1CCC(c2ccccc2)S(=O)(=O)N1Cc1cc(F)c(N2C[C@@H]3[C@H](C2)[C@@H]3n2cnnc2)cc1F. The van der Waals surface area contributed by atoms with Crippen LogP contribution in [0.2, 0.25) is 0 Å². The first-order valence-corrected chi connectivity index (χ1v) is 13.5. The number of aromatic nitrogens is 3. The first-order valence-electron chi connectivity index (χ1n) is 12.0. The lowest BCUT2D eigenvalue weighted by atomic mass is 10.0. The van der Waals surface area contributed by atoms with Gasteiger partial charge in [0.2, 0.25) is 10.0 Å². The Morgan fingerprint density at radius 2 is 1.66 bits per heavy atom. The van der Waals surface area contributed by atoms with Crippen LogP contribution in [0.25, 0.3) is 0 Å². The Balaban J connectivity index is 1.20. The molecule has 3 fully saturated rings. The number of piperidine rings is 1. The van der Waals surface area contributed by atoms with Gasteiger partial charge in [0.15, 0.2) is 0 Å². The topological polar surface area (TPSA) is 71.3 Å². The van der Waals surface area contributed by atoms with Crippen LogP contribution in [0.4, 0.5) is 14.5 Å². The third kappa shape index (κ3) is 3.83. The van der Waals surface area contributed by atoms with Crippen molar-refractivity contribution in [2.24, 2.45) is 11.8 Å². The predicted octanol–water partition coefficient (Wildman–Crippen LogP) is 3.92. The molecule has 2 aliphatic heterocycles. The van der Waals surface area contributed by atoms with E-state index in [-0.39, 0.29) is 23.8 Å². The van der Waals surface area contributed by atoms with E-state index in [0.29, 0.717) is 43.8 Å². The third-order valence-corrected chi connectivity index (χ3v) is 10.3. The summed E-state index contributed by atoms with van der Waals surface area (Å²) >= 11 is 0. The number of nitrogens with zero attached hydrogens (tertiary/aromatic N) is 5. The molecule has 10 heteroatoms. The summed E-state index contributed by atoms with van der Waals surface area (Å²) in [5, 5.41) is 7.02. The zero-order valence-electron chi connectivity index (χ0n) is 19.3. The lowest BCUT2D eigenvalue weighted by Crippen LogP contribution is -2.44. The highest BCUT2D eigenvalue weighted by Gasteiger charge is 2.57. The third-order valence-electron chi connectivity index (χ3n) is 7.91. The summed E-state index contributed by atoms with van der Waals surface area (Å²) in [5.41, 5.74) is 1.02. The molecule has 0 N–H and O–H groups in total. The maximum absolute atomic E-state index is 15.2. The summed E-state index contributed by atoms with van der Waals surface area (Å²) in [7, 11) is -3.73. The highest BCUT2D eigenvalue weighted by molar-refractivity contribution is 7.89. The van der Waals surface area contributed by atoms with Crippen LogP contribution in [0.5, 0.6) is 0 Å². The zero-order chi connectivity index (χ0) is 24.3. The van der Waals surface area contributed by atoms with E-state index in [1.807, 2.05) is 34.6 Å². The van der Waals surface area contributed by atoms with Crippen LogP contribution in [0.3, 0.4) is 0 Å². The molecule has 1 saturated carbocycles. The van der Waals surface area contributed by atoms with Crippen molar-refractivity contribution >= 4 is 15.7 Å². The van der Waals surface area contributed by atoms with Crippen molar-refractivity contribution in [3.8, 4) is 0 Å². The Kier molecular flexibility index (Phi) is 5.41. The van der Waals surface area contributed by atoms with Gasteiger partial charge in [-0.1, -0.05) is 30.3 Å². The van der Waals surface area contributed by atoms with Crippen molar-refractivity contribution in [3.05, 3.63) is 77.9 Å². The summed E-state index contributed by atoms with van der Waals surface area (Å²) in [5.74, 6) is -0.378. The normalized spacial score (nSPS) is 29.8. The summed E-state index contributed by atoms with van der Waals surface area (Å²) in [4.78, 5) is 1.88. The molecule has 2 saturated heterocycles. The van der Waals surface area contributed by atoms with Gasteiger partial charge in [0.25, 0.3) is 0 Å². The molecule has 1 aromatic heterocycles. The van der Waals surface area contributed by atoms with Gasteiger partial charge in [0.05, 0.1) is 5.69 Å². The van der Waals surface area contributed by atoms with Crippen molar-refractivity contribution < 1.29 is 17.2 Å². The summed E-state index contributed by atoms with van der Waals surface area (Å²) < 4.78 is 60.6. The van der Waals surface area contributed by atoms with Gasteiger partial charge in [-0.25, -0.2) is 17.2 Å². The molecule has 3 heterocycles. The smallest absolute Gasteiger partial charge is 0.221 e. The number of sulfonamides is 1. The van der Waals surface area contributed by atoms with Gasteiger partial charge in [0, 0.05) is 55.2 Å². The van der Waals surface area contributed by atoms with Crippen molar-refractivity contribution in [1.29, 1.82) is 0 Å². The maximum Gasteiger partial charge on any atom is 0.221 e. The number of halogens is 2. The summed E-state index contributed by atoms with van der Waals surface area (Å²) in [6.45, 7) is 2.92. The number of hydrogen-bond donors (Lipinski definition) is 0. The molecule has 0 radical (unpaired) electrons. The van der Waals surface area contributed by atoms with E-state index >= 15 is 8.78 Å². The molecule has 2 aromatic carbocycles. The van der Waals surface area contributed by atoms with Crippen LogP contribution in [0.1, 0.15) is 42.2 Å². The van der Waals surface area contributed by atoms with E-state index < -0.39 is 26.9 Å². The van der Waals surface area contributed by atoms with Crippen LogP contribution < -0.4 is 4.90 Å². The van der Waals surface area contributed by atoms with Gasteiger partial charge in [0.1, 0.15) is 29.5 Å². The minimum atomic E-state index is -3.73. The predicted molar refractivity (Wildman–Crippen MR) is 127 cm³/mol. The molecular formula is C25H27F2N5O2S. The first kappa shape index (κ1) is 22.6. The second-order valence-electron chi connectivity index (χ2n) is 9.94. The van der Waals surface area contributed by atoms with Crippen LogP contribution >= 0.6 is 0 Å². The van der Waals surface area contributed by atoms with Gasteiger partial charge < -0.3 is 9.47 Å².